The van der Waals surface area contributed by atoms with Crippen LogP contribution in [-0.4, -0.2) is 36.5 Å². The van der Waals surface area contributed by atoms with Gasteiger partial charge in [-0.3, -0.25) is 4.79 Å². The zero-order valence-corrected chi connectivity index (χ0v) is 12.7. The van der Waals surface area contributed by atoms with Crippen molar-refractivity contribution in [2.45, 2.75) is 39.2 Å². The molecule has 106 valence electrons. The molecule has 2 rings (SSSR count). The molecule has 0 spiro atoms. The van der Waals surface area contributed by atoms with E-state index in [9.17, 15) is 4.79 Å². The van der Waals surface area contributed by atoms with Gasteiger partial charge in [0, 0.05) is 24.0 Å². The average molecular weight is 280 g/mol. The summed E-state index contributed by atoms with van der Waals surface area (Å²) in [6, 6.07) is 4.58. The summed E-state index contributed by atoms with van der Waals surface area (Å²) in [6.45, 7) is 7.22. The fourth-order valence-corrected chi connectivity index (χ4v) is 3.23. The van der Waals surface area contributed by atoms with Gasteiger partial charge in [0.15, 0.2) is 0 Å². The summed E-state index contributed by atoms with van der Waals surface area (Å²) in [4.78, 5) is 15.5. The molecule has 0 radical (unpaired) electrons. The number of hydrogen-bond acceptors (Lipinski definition) is 3. The highest BCUT2D eigenvalue weighted by Gasteiger charge is 2.23. The Morgan fingerprint density at radius 1 is 1.58 bits per heavy atom. The van der Waals surface area contributed by atoms with E-state index in [0.29, 0.717) is 18.4 Å². The first-order valence-electron chi connectivity index (χ1n) is 7.18. The molecule has 1 atom stereocenters. The number of carbonyl (C=O) groups is 1. The van der Waals surface area contributed by atoms with Gasteiger partial charge in [-0.1, -0.05) is 19.9 Å². The first-order chi connectivity index (χ1) is 9.15. The topological polar surface area (TPSA) is 32.3 Å². The van der Waals surface area contributed by atoms with Gasteiger partial charge in [-0.25, -0.2) is 0 Å². The van der Waals surface area contributed by atoms with Crippen molar-refractivity contribution in [1.82, 2.24) is 10.2 Å². The van der Waals surface area contributed by atoms with Crippen LogP contribution in [0.2, 0.25) is 0 Å². The van der Waals surface area contributed by atoms with Crippen LogP contribution in [0.4, 0.5) is 0 Å². The number of piperidine rings is 1. The number of amides is 1. The molecule has 1 aliphatic rings. The molecule has 0 aromatic carbocycles. The summed E-state index contributed by atoms with van der Waals surface area (Å²) in [6.07, 6.45) is 2.95. The minimum absolute atomic E-state index is 0.289. The molecule has 3 nitrogen and oxygen atoms in total. The Balaban J connectivity index is 1.81. The summed E-state index contributed by atoms with van der Waals surface area (Å²) >= 11 is 1.67. The van der Waals surface area contributed by atoms with E-state index in [4.69, 9.17) is 0 Å². The van der Waals surface area contributed by atoms with Crippen molar-refractivity contribution in [1.29, 1.82) is 0 Å². The predicted octanol–water partition coefficient (Wildman–Crippen LogP) is 2.53. The standard InChI is InChI=1S/C15H24N2OS/c1-12(2)16-10-13-5-3-7-17(11-13)15(18)9-14-6-4-8-19-14/h4,6,8,12-13,16H,3,5,7,9-11H2,1-2H3. The number of thiophene rings is 1. The molecule has 1 aliphatic heterocycles. The maximum Gasteiger partial charge on any atom is 0.227 e. The fourth-order valence-electron chi connectivity index (χ4n) is 2.53. The molecule has 1 amide bonds. The van der Waals surface area contributed by atoms with Gasteiger partial charge in [0.25, 0.3) is 0 Å². The van der Waals surface area contributed by atoms with Crippen molar-refractivity contribution in [3.05, 3.63) is 22.4 Å². The highest BCUT2D eigenvalue weighted by atomic mass is 32.1. The van der Waals surface area contributed by atoms with Crippen LogP contribution in [0.3, 0.4) is 0 Å². The summed E-state index contributed by atoms with van der Waals surface area (Å²) < 4.78 is 0. The van der Waals surface area contributed by atoms with Crippen molar-refractivity contribution >= 4 is 17.2 Å². The van der Waals surface area contributed by atoms with Gasteiger partial charge in [-0.2, -0.15) is 0 Å². The lowest BCUT2D eigenvalue weighted by molar-refractivity contribution is -0.132. The predicted molar refractivity (Wildman–Crippen MR) is 80.5 cm³/mol. The van der Waals surface area contributed by atoms with Crippen LogP contribution in [0, 0.1) is 5.92 Å². The molecule has 0 bridgehead atoms. The Kier molecular flexibility index (Phi) is 5.40. The second-order valence-corrected chi connectivity index (χ2v) is 6.70. The van der Waals surface area contributed by atoms with Crippen LogP contribution in [0.1, 0.15) is 31.6 Å². The van der Waals surface area contributed by atoms with E-state index in [2.05, 4.69) is 24.1 Å². The summed E-state index contributed by atoms with van der Waals surface area (Å²) in [5.41, 5.74) is 0. The van der Waals surface area contributed by atoms with E-state index in [-0.39, 0.29) is 5.91 Å². The Bertz CT molecular complexity index is 389. The third kappa shape index (κ3) is 4.62. The van der Waals surface area contributed by atoms with E-state index in [1.54, 1.807) is 11.3 Å². The Labute approximate surface area is 120 Å². The van der Waals surface area contributed by atoms with Crippen LogP contribution < -0.4 is 5.32 Å². The van der Waals surface area contributed by atoms with Crippen LogP contribution in [0.25, 0.3) is 0 Å². The number of rotatable bonds is 5. The Morgan fingerprint density at radius 3 is 3.11 bits per heavy atom. The third-order valence-corrected chi connectivity index (χ3v) is 4.47. The van der Waals surface area contributed by atoms with E-state index in [0.717, 1.165) is 26.1 Å². The van der Waals surface area contributed by atoms with Crippen molar-refractivity contribution in [2.75, 3.05) is 19.6 Å². The molecule has 0 aliphatic carbocycles. The fraction of sp³-hybridized carbons (Fsp3) is 0.667. The van der Waals surface area contributed by atoms with Gasteiger partial charge in [-0.15, -0.1) is 11.3 Å². The number of nitrogens with one attached hydrogen (secondary N) is 1. The van der Waals surface area contributed by atoms with Crippen molar-refractivity contribution < 1.29 is 4.79 Å². The molecule has 1 fully saturated rings. The second-order valence-electron chi connectivity index (χ2n) is 5.67. The van der Waals surface area contributed by atoms with Crippen molar-refractivity contribution in [3.63, 3.8) is 0 Å². The minimum atomic E-state index is 0.289. The third-order valence-electron chi connectivity index (χ3n) is 3.59. The van der Waals surface area contributed by atoms with E-state index >= 15 is 0 Å². The van der Waals surface area contributed by atoms with Gasteiger partial charge in [0.2, 0.25) is 5.91 Å². The average Bonchev–Trinajstić information content (AvgIpc) is 2.89. The summed E-state index contributed by atoms with van der Waals surface area (Å²) in [5, 5.41) is 5.52. The molecule has 2 heterocycles. The number of hydrogen-bond donors (Lipinski definition) is 1. The molecule has 1 N–H and O–H groups in total. The molecule has 1 saturated heterocycles. The first-order valence-corrected chi connectivity index (χ1v) is 8.06. The minimum Gasteiger partial charge on any atom is -0.342 e. The lowest BCUT2D eigenvalue weighted by Crippen LogP contribution is -2.44. The van der Waals surface area contributed by atoms with Crippen LogP contribution in [0.15, 0.2) is 17.5 Å². The quantitative estimate of drug-likeness (QED) is 0.899. The SMILES string of the molecule is CC(C)NCC1CCCN(C(=O)Cc2cccs2)C1. The zero-order chi connectivity index (χ0) is 13.7. The van der Waals surface area contributed by atoms with E-state index in [1.165, 1.54) is 11.3 Å². The molecule has 1 aromatic heterocycles. The lowest BCUT2D eigenvalue weighted by Gasteiger charge is -2.33. The molecule has 0 saturated carbocycles. The summed E-state index contributed by atoms with van der Waals surface area (Å²) in [5.74, 6) is 0.903. The second kappa shape index (κ2) is 7.06. The van der Waals surface area contributed by atoms with Gasteiger partial charge in [-0.05, 0) is 36.8 Å². The van der Waals surface area contributed by atoms with Crippen LogP contribution >= 0.6 is 11.3 Å². The zero-order valence-electron chi connectivity index (χ0n) is 11.9. The normalized spacial score (nSPS) is 19.9. The van der Waals surface area contributed by atoms with Crippen molar-refractivity contribution in [3.8, 4) is 0 Å². The number of likely N-dealkylation sites (tertiary alicyclic amines) is 1. The van der Waals surface area contributed by atoms with Gasteiger partial charge in [0.05, 0.1) is 6.42 Å². The van der Waals surface area contributed by atoms with Crippen molar-refractivity contribution in [2.24, 2.45) is 5.92 Å². The van der Waals surface area contributed by atoms with E-state index < -0.39 is 0 Å². The maximum absolute atomic E-state index is 12.3. The highest BCUT2D eigenvalue weighted by molar-refractivity contribution is 7.10. The Morgan fingerprint density at radius 2 is 2.42 bits per heavy atom. The molecular weight excluding hydrogens is 256 g/mol. The Hall–Kier alpha value is -0.870. The monoisotopic (exact) mass is 280 g/mol. The molecule has 1 unspecified atom stereocenters. The van der Waals surface area contributed by atoms with Gasteiger partial charge >= 0.3 is 0 Å². The highest BCUT2D eigenvalue weighted by Crippen LogP contribution is 2.18. The van der Waals surface area contributed by atoms with E-state index in [1.807, 2.05) is 17.5 Å². The van der Waals surface area contributed by atoms with Crippen LogP contribution in [0.5, 0.6) is 0 Å². The van der Waals surface area contributed by atoms with Gasteiger partial charge in [0.1, 0.15) is 0 Å². The smallest absolute Gasteiger partial charge is 0.227 e. The number of nitrogens with zero attached hydrogens (tertiary/aromatic N) is 1. The van der Waals surface area contributed by atoms with Gasteiger partial charge < -0.3 is 10.2 Å². The molecule has 1 aromatic rings. The first kappa shape index (κ1) is 14.5. The lowest BCUT2D eigenvalue weighted by atomic mass is 9.97. The summed E-state index contributed by atoms with van der Waals surface area (Å²) in [7, 11) is 0. The maximum atomic E-state index is 12.3. The molecule has 19 heavy (non-hydrogen) atoms. The largest absolute Gasteiger partial charge is 0.342 e. The molecular formula is C15H24N2OS. The number of carbonyl (C=O) groups excluding carboxylic acids is 1. The molecule has 4 heteroatoms. The van der Waals surface area contributed by atoms with Crippen LogP contribution in [-0.2, 0) is 11.2 Å².